The number of halogens is 3. The number of ether oxygens (including phenoxy) is 2. The molecular formula is C21H19F3O4. The molecule has 0 fully saturated rings. The summed E-state index contributed by atoms with van der Waals surface area (Å²) in [6.45, 7) is 4.25. The zero-order chi connectivity index (χ0) is 20.3. The first-order valence-corrected chi connectivity index (χ1v) is 8.91. The molecule has 0 spiro atoms. The maximum absolute atomic E-state index is 13.5. The number of hydrogen-bond donors (Lipinski definition) is 0. The normalized spacial score (nSPS) is 11.6. The fourth-order valence-electron chi connectivity index (χ4n) is 2.66. The van der Waals surface area contributed by atoms with Crippen molar-refractivity contribution in [3.8, 4) is 17.2 Å². The van der Waals surface area contributed by atoms with Crippen molar-refractivity contribution in [3.05, 3.63) is 64.0 Å². The van der Waals surface area contributed by atoms with Crippen LogP contribution in [0.15, 0.2) is 51.7 Å². The molecule has 1 aromatic heterocycles. The SMILES string of the molecule is CCCOc1ccc2c(=O)c(Oc3ccc(CC)cc3)c(C(F)(F)F)oc2c1. The minimum atomic E-state index is -4.90. The summed E-state index contributed by atoms with van der Waals surface area (Å²) < 4.78 is 56.4. The van der Waals surface area contributed by atoms with E-state index < -0.39 is 23.1 Å². The predicted octanol–water partition coefficient (Wildman–Crippen LogP) is 5.96. The molecule has 0 saturated heterocycles. The van der Waals surface area contributed by atoms with Gasteiger partial charge in [-0.05, 0) is 42.7 Å². The van der Waals surface area contributed by atoms with Crippen molar-refractivity contribution < 1.29 is 27.1 Å². The average Bonchev–Trinajstić information content (AvgIpc) is 2.68. The lowest BCUT2D eigenvalue weighted by Gasteiger charge is -2.14. The molecule has 0 bridgehead atoms. The van der Waals surface area contributed by atoms with Crippen LogP contribution in [0.25, 0.3) is 11.0 Å². The largest absolute Gasteiger partial charge is 0.493 e. The van der Waals surface area contributed by atoms with Crippen LogP contribution in [-0.4, -0.2) is 6.61 Å². The third kappa shape index (κ3) is 4.13. The molecule has 3 aromatic rings. The molecule has 0 aliphatic heterocycles. The molecule has 0 unspecified atom stereocenters. The Balaban J connectivity index is 2.11. The highest BCUT2D eigenvalue weighted by Gasteiger charge is 2.40. The summed E-state index contributed by atoms with van der Waals surface area (Å²) in [7, 11) is 0. The van der Waals surface area contributed by atoms with Gasteiger partial charge in [-0.25, -0.2) is 0 Å². The van der Waals surface area contributed by atoms with E-state index >= 15 is 0 Å². The van der Waals surface area contributed by atoms with Gasteiger partial charge in [-0.1, -0.05) is 26.0 Å². The fourth-order valence-corrected chi connectivity index (χ4v) is 2.66. The summed E-state index contributed by atoms with van der Waals surface area (Å²) in [5.41, 5.74) is -0.108. The predicted molar refractivity (Wildman–Crippen MR) is 99.2 cm³/mol. The molecule has 0 atom stereocenters. The molecule has 2 aromatic carbocycles. The van der Waals surface area contributed by atoms with Crippen molar-refractivity contribution in [2.45, 2.75) is 32.9 Å². The summed E-state index contributed by atoms with van der Waals surface area (Å²) >= 11 is 0. The van der Waals surface area contributed by atoms with E-state index in [2.05, 4.69) is 0 Å². The van der Waals surface area contributed by atoms with Gasteiger partial charge in [-0.3, -0.25) is 4.79 Å². The zero-order valence-corrected chi connectivity index (χ0v) is 15.4. The first-order chi connectivity index (χ1) is 13.3. The van der Waals surface area contributed by atoms with E-state index in [0.717, 1.165) is 18.4 Å². The van der Waals surface area contributed by atoms with Crippen molar-refractivity contribution in [1.29, 1.82) is 0 Å². The lowest BCUT2D eigenvalue weighted by atomic mass is 10.1. The van der Waals surface area contributed by atoms with Gasteiger partial charge in [-0.2, -0.15) is 13.2 Å². The van der Waals surface area contributed by atoms with Gasteiger partial charge in [0.15, 0.2) is 0 Å². The number of hydrogen-bond acceptors (Lipinski definition) is 4. The number of benzene rings is 2. The highest BCUT2D eigenvalue weighted by Crippen LogP contribution is 2.38. The van der Waals surface area contributed by atoms with E-state index in [4.69, 9.17) is 13.9 Å². The molecule has 0 saturated carbocycles. The van der Waals surface area contributed by atoms with Crippen LogP contribution >= 0.6 is 0 Å². The van der Waals surface area contributed by atoms with E-state index in [9.17, 15) is 18.0 Å². The van der Waals surface area contributed by atoms with Gasteiger partial charge in [-0.15, -0.1) is 0 Å². The number of rotatable bonds is 6. The topological polar surface area (TPSA) is 48.7 Å². The average molecular weight is 392 g/mol. The molecular weight excluding hydrogens is 373 g/mol. The molecule has 4 nitrogen and oxygen atoms in total. The Morgan fingerprint density at radius 2 is 1.68 bits per heavy atom. The third-order valence-electron chi connectivity index (χ3n) is 4.10. The quantitative estimate of drug-likeness (QED) is 0.520. The van der Waals surface area contributed by atoms with Crippen LogP contribution in [0, 0.1) is 0 Å². The van der Waals surface area contributed by atoms with E-state index in [0.29, 0.717) is 12.4 Å². The van der Waals surface area contributed by atoms with Gasteiger partial charge in [0.05, 0.1) is 12.0 Å². The second-order valence-electron chi connectivity index (χ2n) is 6.19. The minimum absolute atomic E-state index is 0.0166. The summed E-state index contributed by atoms with van der Waals surface area (Å²) in [5.74, 6) is -1.91. The summed E-state index contributed by atoms with van der Waals surface area (Å²) in [6, 6.07) is 10.7. The van der Waals surface area contributed by atoms with E-state index in [1.165, 1.54) is 30.3 Å². The highest BCUT2D eigenvalue weighted by atomic mass is 19.4. The van der Waals surface area contributed by atoms with Gasteiger partial charge < -0.3 is 13.9 Å². The second-order valence-corrected chi connectivity index (χ2v) is 6.19. The Morgan fingerprint density at radius 1 is 1.00 bits per heavy atom. The monoisotopic (exact) mass is 392 g/mol. The minimum Gasteiger partial charge on any atom is -0.493 e. The number of aryl methyl sites for hydroxylation is 1. The molecule has 0 radical (unpaired) electrons. The smallest absolute Gasteiger partial charge is 0.453 e. The summed E-state index contributed by atoms with van der Waals surface area (Å²) in [5, 5.41) is -0.0166. The maximum atomic E-state index is 13.5. The zero-order valence-electron chi connectivity index (χ0n) is 15.4. The molecule has 1 heterocycles. The molecule has 0 amide bonds. The molecule has 7 heteroatoms. The van der Waals surface area contributed by atoms with Gasteiger partial charge in [0.25, 0.3) is 5.76 Å². The van der Waals surface area contributed by atoms with Crippen LogP contribution < -0.4 is 14.9 Å². The Bertz CT molecular complexity index is 1020. The lowest BCUT2D eigenvalue weighted by Crippen LogP contribution is -2.15. The van der Waals surface area contributed by atoms with Gasteiger partial charge in [0, 0.05) is 6.07 Å². The van der Waals surface area contributed by atoms with E-state index in [-0.39, 0.29) is 16.7 Å². The third-order valence-corrected chi connectivity index (χ3v) is 4.10. The van der Waals surface area contributed by atoms with Crippen molar-refractivity contribution in [2.75, 3.05) is 6.61 Å². The van der Waals surface area contributed by atoms with Gasteiger partial charge >= 0.3 is 6.18 Å². The van der Waals surface area contributed by atoms with Crippen LogP contribution in [0.2, 0.25) is 0 Å². The standard InChI is InChI=1S/C21H19F3O4/c1-3-11-26-15-9-10-16-17(12-15)28-20(21(22,23)24)19(18(16)25)27-14-7-5-13(4-2)6-8-14/h5-10,12H,3-4,11H2,1-2H3. The molecule has 28 heavy (non-hydrogen) atoms. The summed E-state index contributed by atoms with van der Waals surface area (Å²) in [4.78, 5) is 12.7. The van der Waals surface area contributed by atoms with Gasteiger partial charge in [0.2, 0.25) is 11.2 Å². The Morgan fingerprint density at radius 3 is 2.29 bits per heavy atom. The number of alkyl halides is 3. The van der Waals surface area contributed by atoms with Crippen LogP contribution in [0.5, 0.6) is 17.2 Å². The van der Waals surface area contributed by atoms with Crippen LogP contribution in [0.4, 0.5) is 13.2 Å². The Hall–Kier alpha value is -2.96. The van der Waals surface area contributed by atoms with Crippen molar-refractivity contribution in [2.24, 2.45) is 0 Å². The highest BCUT2D eigenvalue weighted by molar-refractivity contribution is 5.79. The van der Waals surface area contributed by atoms with E-state index in [1.807, 2.05) is 13.8 Å². The van der Waals surface area contributed by atoms with Crippen molar-refractivity contribution >= 4 is 11.0 Å². The molecule has 148 valence electrons. The van der Waals surface area contributed by atoms with E-state index in [1.54, 1.807) is 12.1 Å². The maximum Gasteiger partial charge on any atom is 0.453 e. The Labute approximate surface area is 159 Å². The van der Waals surface area contributed by atoms with Crippen LogP contribution in [-0.2, 0) is 12.6 Å². The van der Waals surface area contributed by atoms with Crippen molar-refractivity contribution in [3.63, 3.8) is 0 Å². The second kappa shape index (κ2) is 7.96. The van der Waals surface area contributed by atoms with Crippen LogP contribution in [0.3, 0.4) is 0 Å². The molecule has 3 rings (SSSR count). The first-order valence-electron chi connectivity index (χ1n) is 8.91. The van der Waals surface area contributed by atoms with Crippen molar-refractivity contribution in [1.82, 2.24) is 0 Å². The lowest BCUT2D eigenvalue weighted by molar-refractivity contribution is -0.154. The summed E-state index contributed by atoms with van der Waals surface area (Å²) in [6.07, 6.45) is -3.39. The molecule has 0 aliphatic carbocycles. The molecule has 0 N–H and O–H groups in total. The van der Waals surface area contributed by atoms with Crippen LogP contribution in [0.1, 0.15) is 31.6 Å². The fraction of sp³-hybridized carbons (Fsp3) is 0.286. The number of fused-ring (bicyclic) bond motifs is 1. The first kappa shape index (κ1) is 19.8. The van der Waals surface area contributed by atoms with Gasteiger partial charge in [0.1, 0.15) is 17.1 Å². The molecule has 0 aliphatic rings. The Kier molecular flexibility index (Phi) is 5.63.